The summed E-state index contributed by atoms with van der Waals surface area (Å²) in [6.45, 7) is 1.38. The van der Waals surface area contributed by atoms with Gasteiger partial charge >= 0.3 is 0 Å². The number of carbonyl (C=O) groups excluding carboxylic acids is 1. The minimum Gasteiger partial charge on any atom is -0.457 e. The van der Waals surface area contributed by atoms with Crippen molar-refractivity contribution in [3.63, 3.8) is 0 Å². The van der Waals surface area contributed by atoms with E-state index in [0.29, 0.717) is 40.1 Å². The van der Waals surface area contributed by atoms with Gasteiger partial charge in [-0.2, -0.15) is 0 Å². The molecule has 31 heavy (non-hydrogen) atoms. The molecule has 0 unspecified atom stereocenters. The Bertz CT molecular complexity index is 1190. The summed E-state index contributed by atoms with van der Waals surface area (Å²) in [6.07, 6.45) is 0. The molecule has 0 radical (unpaired) electrons. The van der Waals surface area contributed by atoms with Crippen LogP contribution in [0.4, 0.5) is 0 Å². The third-order valence-corrected chi connectivity index (χ3v) is 4.90. The molecule has 1 amide bonds. The smallest absolute Gasteiger partial charge is 0.251 e. The van der Waals surface area contributed by atoms with Gasteiger partial charge in [0.05, 0.1) is 0 Å². The summed E-state index contributed by atoms with van der Waals surface area (Å²) in [5.41, 5.74) is 2.73. The monoisotopic (exact) mass is 435 g/mol. The number of fused-ring (bicyclic) bond motifs is 1. The molecule has 1 aromatic heterocycles. The van der Waals surface area contributed by atoms with Crippen LogP contribution >= 0.6 is 11.6 Å². The van der Waals surface area contributed by atoms with Crippen LogP contribution in [-0.2, 0) is 0 Å². The molecule has 0 aliphatic carbocycles. The molecule has 4 aromatic rings. The van der Waals surface area contributed by atoms with E-state index in [-0.39, 0.29) is 5.91 Å². The average molecular weight is 436 g/mol. The molecule has 1 N–H and O–H groups in total. The fraction of sp³-hybridized carbons (Fsp3) is 0.167. The van der Waals surface area contributed by atoms with Crippen LogP contribution in [0, 0.1) is 0 Å². The SMILES string of the molecule is CN(C)CCNC(=O)c1ccc(-c2nc3ccc(Oc4ccc(Cl)cc4)cc3o2)cc1. The number of rotatable bonds is 7. The first kappa shape index (κ1) is 20.9. The predicted molar refractivity (Wildman–Crippen MR) is 122 cm³/mol. The molecular weight excluding hydrogens is 414 g/mol. The number of hydrogen-bond donors (Lipinski definition) is 1. The Morgan fingerprint density at radius 1 is 1.03 bits per heavy atom. The minimum absolute atomic E-state index is 0.102. The zero-order chi connectivity index (χ0) is 21.8. The number of carbonyl (C=O) groups is 1. The fourth-order valence-electron chi connectivity index (χ4n) is 2.99. The van der Waals surface area contributed by atoms with E-state index in [2.05, 4.69) is 10.3 Å². The first-order valence-electron chi connectivity index (χ1n) is 9.85. The van der Waals surface area contributed by atoms with Crippen molar-refractivity contribution in [1.29, 1.82) is 0 Å². The van der Waals surface area contributed by atoms with Gasteiger partial charge < -0.3 is 19.4 Å². The fourth-order valence-corrected chi connectivity index (χ4v) is 3.12. The van der Waals surface area contributed by atoms with Gasteiger partial charge in [-0.3, -0.25) is 4.79 Å². The lowest BCUT2D eigenvalue weighted by molar-refractivity contribution is 0.0951. The molecule has 6 nitrogen and oxygen atoms in total. The molecule has 0 aliphatic rings. The highest BCUT2D eigenvalue weighted by atomic mass is 35.5. The van der Waals surface area contributed by atoms with Crippen LogP contribution in [0.3, 0.4) is 0 Å². The van der Waals surface area contributed by atoms with Crippen LogP contribution in [0.5, 0.6) is 11.5 Å². The topological polar surface area (TPSA) is 67.6 Å². The lowest BCUT2D eigenvalue weighted by Gasteiger charge is -2.10. The highest BCUT2D eigenvalue weighted by molar-refractivity contribution is 6.30. The first-order chi connectivity index (χ1) is 15.0. The molecule has 1 heterocycles. The zero-order valence-corrected chi connectivity index (χ0v) is 18.0. The summed E-state index contributed by atoms with van der Waals surface area (Å²) in [4.78, 5) is 18.8. The van der Waals surface area contributed by atoms with E-state index in [9.17, 15) is 4.79 Å². The lowest BCUT2D eigenvalue weighted by atomic mass is 10.1. The summed E-state index contributed by atoms with van der Waals surface area (Å²) in [5, 5.41) is 3.55. The number of halogens is 1. The molecule has 0 bridgehead atoms. The number of hydrogen-bond acceptors (Lipinski definition) is 5. The Morgan fingerprint density at radius 2 is 1.74 bits per heavy atom. The molecule has 0 aliphatic heterocycles. The van der Waals surface area contributed by atoms with E-state index in [1.165, 1.54) is 0 Å². The van der Waals surface area contributed by atoms with Crippen molar-refractivity contribution in [2.75, 3.05) is 27.2 Å². The number of nitrogens with zero attached hydrogens (tertiary/aromatic N) is 2. The number of oxazole rings is 1. The normalized spacial score (nSPS) is 11.1. The molecule has 0 fully saturated rings. The van der Waals surface area contributed by atoms with Gasteiger partial charge in [0.2, 0.25) is 5.89 Å². The van der Waals surface area contributed by atoms with E-state index in [1.807, 2.05) is 43.3 Å². The largest absolute Gasteiger partial charge is 0.457 e. The van der Waals surface area contributed by atoms with E-state index >= 15 is 0 Å². The number of aromatic nitrogens is 1. The van der Waals surface area contributed by atoms with Gasteiger partial charge in [0.15, 0.2) is 5.58 Å². The van der Waals surface area contributed by atoms with Gasteiger partial charge in [-0.05, 0) is 74.8 Å². The first-order valence-corrected chi connectivity index (χ1v) is 10.2. The van der Waals surface area contributed by atoms with Gasteiger partial charge in [0.25, 0.3) is 5.91 Å². The highest BCUT2D eigenvalue weighted by Crippen LogP contribution is 2.30. The molecule has 158 valence electrons. The van der Waals surface area contributed by atoms with E-state index < -0.39 is 0 Å². The Labute approximate surface area is 185 Å². The van der Waals surface area contributed by atoms with Gasteiger partial charge in [-0.15, -0.1) is 0 Å². The molecule has 0 atom stereocenters. The molecule has 0 saturated carbocycles. The third kappa shape index (κ3) is 5.23. The van der Waals surface area contributed by atoms with Gasteiger partial charge in [-0.25, -0.2) is 4.98 Å². The van der Waals surface area contributed by atoms with Gasteiger partial charge in [0.1, 0.15) is 17.0 Å². The zero-order valence-electron chi connectivity index (χ0n) is 17.3. The Kier molecular flexibility index (Phi) is 6.21. The highest BCUT2D eigenvalue weighted by Gasteiger charge is 2.11. The van der Waals surface area contributed by atoms with Crippen molar-refractivity contribution in [1.82, 2.24) is 15.2 Å². The molecule has 0 spiro atoms. The molecular formula is C24H22ClN3O3. The molecule has 0 saturated heterocycles. The average Bonchev–Trinajstić information content (AvgIpc) is 3.18. The van der Waals surface area contributed by atoms with Gasteiger partial charge in [-0.1, -0.05) is 11.6 Å². The van der Waals surface area contributed by atoms with Crippen LogP contribution in [0.25, 0.3) is 22.6 Å². The van der Waals surface area contributed by atoms with E-state index in [0.717, 1.165) is 17.6 Å². The van der Waals surface area contributed by atoms with Crippen molar-refractivity contribution in [2.45, 2.75) is 0 Å². The summed E-state index contributed by atoms with van der Waals surface area (Å²) >= 11 is 5.91. The summed E-state index contributed by atoms with van der Waals surface area (Å²) in [5.74, 6) is 1.71. The van der Waals surface area contributed by atoms with E-state index in [1.54, 1.807) is 42.5 Å². The lowest BCUT2D eigenvalue weighted by Crippen LogP contribution is -2.31. The summed E-state index contributed by atoms with van der Waals surface area (Å²) < 4.78 is 11.8. The van der Waals surface area contributed by atoms with Crippen molar-refractivity contribution >= 4 is 28.6 Å². The Balaban J connectivity index is 1.48. The number of likely N-dealkylation sites (N-methyl/N-ethyl adjacent to an activating group) is 1. The Hall–Kier alpha value is -3.35. The second kappa shape index (κ2) is 9.20. The van der Waals surface area contributed by atoms with Crippen LogP contribution < -0.4 is 10.1 Å². The molecule has 7 heteroatoms. The van der Waals surface area contributed by atoms with Crippen molar-refractivity contribution in [3.05, 3.63) is 77.3 Å². The maximum absolute atomic E-state index is 12.2. The maximum atomic E-state index is 12.2. The summed E-state index contributed by atoms with van der Waals surface area (Å²) in [7, 11) is 3.93. The summed E-state index contributed by atoms with van der Waals surface area (Å²) in [6, 6.07) is 19.8. The number of ether oxygens (including phenoxy) is 1. The molecule has 4 rings (SSSR count). The van der Waals surface area contributed by atoms with Crippen molar-refractivity contribution < 1.29 is 13.9 Å². The van der Waals surface area contributed by atoms with E-state index in [4.69, 9.17) is 20.8 Å². The van der Waals surface area contributed by atoms with Crippen molar-refractivity contribution in [3.8, 4) is 23.0 Å². The number of benzene rings is 3. The number of amides is 1. The number of nitrogens with one attached hydrogen (secondary N) is 1. The van der Waals surface area contributed by atoms with Crippen LogP contribution in [0.15, 0.2) is 71.1 Å². The van der Waals surface area contributed by atoms with Gasteiger partial charge in [0, 0.05) is 35.3 Å². The minimum atomic E-state index is -0.102. The second-order valence-electron chi connectivity index (χ2n) is 7.34. The third-order valence-electron chi connectivity index (χ3n) is 4.65. The van der Waals surface area contributed by atoms with Crippen LogP contribution in [0.1, 0.15) is 10.4 Å². The standard InChI is InChI=1S/C24H22ClN3O3/c1-28(2)14-13-26-23(29)16-3-5-17(6-4-16)24-27-21-12-11-20(15-22(21)31-24)30-19-9-7-18(25)8-10-19/h3-12,15H,13-14H2,1-2H3,(H,26,29). The predicted octanol–water partition coefficient (Wildman–Crippen LogP) is 5.23. The quantitative estimate of drug-likeness (QED) is 0.430. The second-order valence-corrected chi connectivity index (χ2v) is 7.78. The Morgan fingerprint density at radius 3 is 2.45 bits per heavy atom. The van der Waals surface area contributed by atoms with Crippen molar-refractivity contribution in [2.24, 2.45) is 0 Å². The maximum Gasteiger partial charge on any atom is 0.251 e. The molecule has 3 aromatic carbocycles. The van der Waals surface area contributed by atoms with Crippen LogP contribution in [0.2, 0.25) is 5.02 Å². The van der Waals surface area contributed by atoms with Crippen LogP contribution in [-0.4, -0.2) is 43.0 Å².